The summed E-state index contributed by atoms with van der Waals surface area (Å²) in [7, 11) is 1.95. The summed E-state index contributed by atoms with van der Waals surface area (Å²) in [5.41, 5.74) is 0.817. The fourth-order valence-electron chi connectivity index (χ4n) is 9.02. The van der Waals surface area contributed by atoms with Crippen LogP contribution in [0.4, 0.5) is 0 Å². The van der Waals surface area contributed by atoms with E-state index >= 15 is 0 Å². The molecule has 6 nitrogen and oxygen atoms in total. The first-order valence-electron chi connectivity index (χ1n) is 14.7. The zero-order valence-electron chi connectivity index (χ0n) is 21.8. The number of benzene rings is 1. The number of carbonyl (C=O) groups excluding carboxylic acids is 1. The van der Waals surface area contributed by atoms with Gasteiger partial charge in [-0.25, -0.2) is 0 Å². The van der Waals surface area contributed by atoms with Crippen molar-refractivity contribution in [3.05, 3.63) is 23.3 Å². The van der Waals surface area contributed by atoms with E-state index in [1.807, 2.05) is 11.9 Å². The largest absolute Gasteiger partial charge is 0.504 e. The second kappa shape index (κ2) is 8.36. The number of phenols is 1. The van der Waals surface area contributed by atoms with Crippen LogP contribution >= 0.6 is 0 Å². The van der Waals surface area contributed by atoms with Crippen LogP contribution in [0, 0.1) is 11.8 Å². The monoisotopic (exact) mass is 494 g/mol. The highest BCUT2D eigenvalue weighted by molar-refractivity contribution is 5.76. The molecule has 4 fully saturated rings. The van der Waals surface area contributed by atoms with Gasteiger partial charge in [-0.2, -0.15) is 0 Å². The van der Waals surface area contributed by atoms with Gasteiger partial charge in [0.1, 0.15) is 6.10 Å². The Labute approximate surface area is 215 Å². The number of hydrogen-bond acceptors (Lipinski definition) is 5. The molecule has 1 aromatic rings. The van der Waals surface area contributed by atoms with Crippen LogP contribution in [0.15, 0.2) is 12.1 Å². The third kappa shape index (κ3) is 3.25. The molecule has 0 radical (unpaired) electrons. The molecule has 7 rings (SSSR count). The lowest BCUT2D eigenvalue weighted by Crippen LogP contribution is -2.78. The number of nitrogens with zero attached hydrogens (tertiary/aromatic N) is 2. The van der Waals surface area contributed by atoms with E-state index in [2.05, 4.69) is 11.0 Å². The fourth-order valence-corrected chi connectivity index (χ4v) is 9.02. The van der Waals surface area contributed by atoms with Crippen LogP contribution in [0.25, 0.3) is 0 Å². The standard InChI is InChI=1S/C30H42N2O4/c1-31(25(34)12-9-19-5-3-2-4-6-19)22-13-14-30(35)24-17-21-10-11-23(33)27-26(21)29(30,28(22)36-27)15-16-32(24)18-20-7-8-20/h10-11,19-20,22,24,28,33,35H,2-9,12-18H2,1H3/t22?,24-,28?,29+,30-/m1/s1. The maximum absolute atomic E-state index is 13.5. The third-order valence-corrected chi connectivity index (χ3v) is 11.1. The molecule has 36 heavy (non-hydrogen) atoms. The molecule has 6 aliphatic rings. The molecule has 2 bridgehead atoms. The number of amides is 1. The molecule has 2 N–H and O–H groups in total. The van der Waals surface area contributed by atoms with Crippen LogP contribution < -0.4 is 4.74 Å². The first-order chi connectivity index (χ1) is 17.4. The molecule has 1 spiro atoms. The Balaban J connectivity index is 1.20. The molecular formula is C30H42N2O4. The van der Waals surface area contributed by atoms with Crippen LogP contribution in [-0.4, -0.2) is 69.8 Å². The molecule has 1 aromatic carbocycles. The summed E-state index contributed by atoms with van der Waals surface area (Å²) in [4.78, 5) is 18.0. The van der Waals surface area contributed by atoms with E-state index in [4.69, 9.17) is 4.74 Å². The Hall–Kier alpha value is -1.79. The molecule has 2 unspecified atom stereocenters. The normalized spacial score (nSPS) is 37.3. The second-order valence-electron chi connectivity index (χ2n) is 12.9. The summed E-state index contributed by atoms with van der Waals surface area (Å²) in [6.07, 6.45) is 13.4. The van der Waals surface area contributed by atoms with E-state index in [0.717, 1.165) is 50.3 Å². The molecule has 2 heterocycles. The highest BCUT2D eigenvalue weighted by atomic mass is 16.5. The van der Waals surface area contributed by atoms with E-state index < -0.39 is 11.0 Å². The van der Waals surface area contributed by atoms with Gasteiger partial charge in [-0.3, -0.25) is 9.69 Å². The predicted octanol–water partition coefficient (Wildman–Crippen LogP) is 4.14. The van der Waals surface area contributed by atoms with Crippen molar-refractivity contribution in [2.75, 3.05) is 20.1 Å². The quantitative estimate of drug-likeness (QED) is 0.622. The minimum atomic E-state index is -0.890. The molecule has 1 saturated heterocycles. The Bertz CT molecular complexity index is 1050. The summed E-state index contributed by atoms with van der Waals surface area (Å²) >= 11 is 0. The topological polar surface area (TPSA) is 73.2 Å². The average molecular weight is 495 g/mol. The highest BCUT2D eigenvalue weighted by Crippen LogP contribution is 2.66. The maximum atomic E-state index is 13.5. The summed E-state index contributed by atoms with van der Waals surface area (Å²) in [6.45, 7) is 2.03. The van der Waals surface area contributed by atoms with Crippen LogP contribution in [0.1, 0.15) is 88.2 Å². The number of ether oxygens (including phenoxy) is 1. The second-order valence-corrected chi connectivity index (χ2v) is 12.9. The van der Waals surface area contributed by atoms with Crippen molar-refractivity contribution >= 4 is 5.91 Å². The van der Waals surface area contributed by atoms with Gasteiger partial charge < -0.3 is 19.8 Å². The lowest BCUT2D eigenvalue weighted by atomic mass is 9.48. The third-order valence-electron chi connectivity index (χ3n) is 11.1. The lowest BCUT2D eigenvalue weighted by molar-refractivity contribution is -0.200. The van der Waals surface area contributed by atoms with Crippen LogP contribution in [0.5, 0.6) is 11.5 Å². The summed E-state index contributed by atoms with van der Waals surface area (Å²) in [5, 5.41) is 23.4. The molecule has 3 saturated carbocycles. The zero-order valence-corrected chi connectivity index (χ0v) is 21.8. The van der Waals surface area contributed by atoms with Crippen molar-refractivity contribution in [3.63, 3.8) is 0 Å². The molecule has 196 valence electrons. The summed E-state index contributed by atoms with van der Waals surface area (Å²) in [5.74, 6) is 2.41. The Kier molecular flexibility index (Phi) is 5.42. The van der Waals surface area contributed by atoms with Gasteiger partial charge in [0.15, 0.2) is 11.5 Å². The molecular weight excluding hydrogens is 452 g/mol. The molecule has 5 atom stereocenters. The number of likely N-dealkylation sites (N-methyl/N-ethyl adjacent to an activating group) is 1. The Morgan fingerprint density at radius 3 is 2.69 bits per heavy atom. The maximum Gasteiger partial charge on any atom is 0.222 e. The lowest BCUT2D eigenvalue weighted by Gasteiger charge is -2.64. The van der Waals surface area contributed by atoms with Crippen molar-refractivity contribution in [3.8, 4) is 11.5 Å². The molecule has 6 heteroatoms. The van der Waals surface area contributed by atoms with Crippen molar-refractivity contribution in [1.29, 1.82) is 0 Å². The highest BCUT2D eigenvalue weighted by Gasteiger charge is 2.73. The van der Waals surface area contributed by atoms with Gasteiger partial charge >= 0.3 is 0 Å². The summed E-state index contributed by atoms with van der Waals surface area (Å²) < 4.78 is 6.66. The van der Waals surface area contributed by atoms with E-state index in [0.29, 0.717) is 24.5 Å². The molecule has 4 aliphatic carbocycles. The van der Waals surface area contributed by atoms with Gasteiger partial charge in [-0.15, -0.1) is 0 Å². The minimum absolute atomic E-state index is 0.0780. The van der Waals surface area contributed by atoms with Crippen molar-refractivity contribution in [1.82, 2.24) is 9.80 Å². The van der Waals surface area contributed by atoms with Gasteiger partial charge in [-0.1, -0.05) is 38.2 Å². The van der Waals surface area contributed by atoms with E-state index in [1.165, 1.54) is 50.5 Å². The number of rotatable bonds is 6. The van der Waals surface area contributed by atoms with E-state index in [9.17, 15) is 15.0 Å². The number of hydrogen-bond donors (Lipinski definition) is 2. The number of aliphatic hydroxyl groups is 1. The van der Waals surface area contributed by atoms with Gasteiger partial charge in [-0.05, 0) is 75.0 Å². The first kappa shape index (κ1) is 23.3. The first-order valence-corrected chi connectivity index (χ1v) is 14.7. The number of carbonyl (C=O) groups is 1. The predicted molar refractivity (Wildman–Crippen MR) is 137 cm³/mol. The van der Waals surface area contributed by atoms with Gasteiger partial charge in [0.05, 0.1) is 17.1 Å². The van der Waals surface area contributed by atoms with E-state index in [-0.39, 0.29) is 29.8 Å². The Morgan fingerprint density at radius 2 is 1.92 bits per heavy atom. The van der Waals surface area contributed by atoms with Crippen LogP contribution in [0.2, 0.25) is 0 Å². The average Bonchev–Trinajstić information content (AvgIpc) is 3.63. The molecule has 0 aromatic heterocycles. The number of phenolic OH excluding ortho intramolecular Hbond substituents is 1. The zero-order chi connectivity index (χ0) is 24.7. The van der Waals surface area contributed by atoms with Crippen molar-refractivity contribution in [2.45, 2.75) is 113 Å². The summed E-state index contributed by atoms with van der Waals surface area (Å²) in [6, 6.07) is 3.81. The van der Waals surface area contributed by atoms with Crippen LogP contribution in [-0.2, 0) is 16.6 Å². The fraction of sp³-hybridized carbons (Fsp3) is 0.767. The van der Waals surface area contributed by atoms with Gasteiger partial charge in [0.25, 0.3) is 0 Å². The van der Waals surface area contributed by atoms with E-state index in [1.54, 1.807) is 6.07 Å². The van der Waals surface area contributed by atoms with Crippen molar-refractivity contribution < 1.29 is 19.7 Å². The number of piperidine rings is 1. The SMILES string of the molecule is CN(C(=O)CCC1CCCCC1)C1CC[C@@]2(O)[C@H]3Cc4ccc(O)c5c4[C@@]2(CCN3CC2CC2)C1O5. The number of aromatic hydroxyl groups is 1. The molecule has 1 amide bonds. The number of likely N-dealkylation sites (tertiary alicyclic amines) is 1. The van der Waals surface area contributed by atoms with Gasteiger partial charge in [0.2, 0.25) is 5.91 Å². The molecule has 2 aliphatic heterocycles. The Morgan fingerprint density at radius 1 is 1.11 bits per heavy atom. The van der Waals surface area contributed by atoms with Crippen LogP contribution in [0.3, 0.4) is 0 Å². The minimum Gasteiger partial charge on any atom is -0.504 e. The smallest absolute Gasteiger partial charge is 0.222 e. The van der Waals surface area contributed by atoms with Crippen molar-refractivity contribution in [2.24, 2.45) is 11.8 Å². The van der Waals surface area contributed by atoms with Gasteiger partial charge in [0, 0.05) is 31.6 Å².